The van der Waals surface area contributed by atoms with Crippen molar-refractivity contribution in [1.82, 2.24) is 0 Å². The van der Waals surface area contributed by atoms with Crippen molar-refractivity contribution in [3.8, 4) is 5.75 Å². The smallest absolute Gasteiger partial charge is 0.138 e. The molecule has 0 aliphatic heterocycles. The van der Waals surface area contributed by atoms with Crippen LogP contribution in [-0.2, 0) is 0 Å². The number of phenols is 1. The Morgan fingerprint density at radius 1 is 1.11 bits per heavy atom. The first-order chi connectivity index (χ1) is 8.56. The fraction of sp³-hybridized carbons (Fsp3) is 0.133. The van der Waals surface area contributed by atoms with Gasteiger partial charge in [0, 0.05) is 11.8 Å². The fourth-order valence-electron chi connectivity index (χ4n) is 1.71. The normalized spacial score (nSPS) is 11.1. The van der Waals surface area contributed by atoms with E-state index in [1.165, 1.54) is 5.56 Å². The fourth-order valence-corrected chi connectivity index (χ4v) is 2.30. The molecule has 18 heavy (non-hydrogen) atoms. The number of nitrogens with zero attached hydrogens (tertiary/aromatic N) is 1. The third kappa shape index (κ3) is 2.99. The maximum absolute atomic E-state index is 9.92. The van der Waals surface area contributed by atoms with Gasteiger partial charge < -0.3 is 5.11 Å². The quantitative estimate of drug-likeness (QED) is 0.813. The van der Waals surface area contributed by atoms with Gasteiger partial charge in [0.25, 0.3) is 0 Å². The summed E-state index contributed by atoms with van der Waals surface area (Å²) < 4.78 is 0.688. The van der Waals surface area contributed by atoms with E-state index in [0.29, 0.717) is 10.0 Å². The van der Waals surface area contributed by atoms with Gasteiger partial charge in [-0.1, -0.05) is 12.1 Å². The van der Waals surface area contributed by atoms with E-state index in [1.807, 2.05) is 50.2 Å². The first kappa shape index (κ1) is 12.8. The van der Waals surface area contributed by atoms with Gasteiger partial charge >= 0.3 is 0 Å². The molecule has 2 nitrogen and oxygen atoms in total. The summed E-state index contributed by atoms with van der Waals surface area (Å²) in [5.41, 5.74) is 3.83. The lowest BCUT2D eigenvalue weighted by molar-refractivity contribution is 0.471. The van der Waals surface area contributed by atoms with Gasteiger partial charge in [0.1, 0.15) is 5.75 Å². The molecular formula is C15H14BrNO. The van der Waals surface area contributed by atoms with Gasteiger partial charge in [0.15, 0.2) is 0 Å². The van der Waals surface area contributed by atoms with Crippen LogP contribution in [0.1, 0.15) is 16.7 Å². The van der Waals surface area contributed by atoms with Gasteiger partial charge in [-0.25, -0.2) is 0 Å². The minimum atomic E-state index is 0.219. The number of aromatic hydroxyl groups is 1. The van der Waals surface area contributed by atoms with E-state index in [9.17, 15) is 5.11 Å². The Kier molecular flexibility index (Phi) is 3.82. The summed E-state index contributed by atoms with van der Waals surface area (Å²) >= 11 is 3.32. The lowest BCUT2D eigenvalue weighted by Crippen LogP contribution is -1.86. The van der Waals surface area contributed by atoms with Gasteiger partial charge in [-0.2, -0.15) is 0 Å². The molecule has 2 aromatic carbocycles. The molecule has 0 saturated heterocycles. The Hall–Kier alpha value is -1.61. The Morgan fingerprint density at radius 2 is 1.89 bits per heavy atom. The number of phenolic OH excluding ortho intramolecular Hbond substituents is 1. The van der Waals surface area contributed by atoms with Gasteiger partial charge in [0.2, 0.25) is 0 Å². The van der Waals surface area contributed by atoms with E-state index in [-0.39, 0.29) is 5.75 Å². The molecule has 0 atom stereocenters. The van der Waals surface area contributed by atoms with Crippen molar-refractivity contribution in [3.63, 3.8) is 0 Å². The molecule has 0 aromatic heterocycles. The van der Waals surface area contributed by atoms with Crippen LogP contribution in [-0.4, -0.2) is 11.3 Å². The summed E-state index contributed by atoms with van der Waals surface area (Å²) in [5.74, 6) is 0.219. The molecule has 0 bridgehead atoms. The average molecular weight is 304 g/mol. The highest BCUT2D eigenvalue weighted by Crippen LogP contribution is 2.28. The Labute approximate surface area is 115 Å². The van der Waals surface area contributed by atoms with Crippen molar-refractivity contribution in [2.24, 2.45) is 4.99 Å². The van der Waals surface area contributed by atoms with E-state index in [2.05, 4.69) is 20.9 Å². The van der Waals surface area contributed by atoms with Crippen LogP contribution in [0.2, 0.25) is 0 Å². The Balaban J connectivity index is 2.34. The molecule has 2 rings (SSSR count). The van der Waals surface area contributed by atoms with Crippen LogP contribution in [0.15, 0.2) is 45.9 Å². The lowest BCUT2D eigenvalue weighted by atomic mass is 10.1. The van der Waals surface area contributed by atoms with Crippen molar-refractivity contribution in [2.75, 3.05) is 0 Å². The first-order valence-electron chi connectivity index (χ1n) is 5.66. The minimum Gasteiger partial charge on any atom is -0.506 e. The van der Waals surface area contributed by atoms with Crippen LogP contribution >= 0.6 is 15.9 Å². The molecular weight excluding hydrogens is 290 g/mol. The topological polar surface area (TPSA) is 32.6 Å². The molecule has 0 aliphatic rings. The molecule has 0 radical (unpaired) electrons. The second kappa shape index (κ2) is 5.36. The highest BCUT2D eigenvalue weighted by Gasteiger charge is 2.04. The molecule has 0 saturated carbocycles. The second-order valence-electron chi connectivity index (χ2n) is 4.28. The summed E-state index contributed by atoms with van der Waals surface area (Å²) in [6, 6.07) is 11.7. The van der Waals surface area contributed by atoms with E-state index in [4.69, 9.17) is 0 Å². The van der Waals surface area contributed by atoms with Crippen LogP contribution in [0.25, 0.3) is 0 Å². The largest absolute Gasteiger partial charge is 0.506 e. The highest BCUT2D eigenvalue weighted by molar-refractivity contribution is 9.10. The summed E-state index contributed by atoms with van der Waals surface area (Å²) in [6.07, 6.45) is 1.68. The van der Waals surface area contributed by atoms with Crippen LogP contribution in [0, 0.1) is 13.8 Å². The molecule has 2 aromatic rings. The monoisotopic (exact) mass is 303 g/mol. The molecule has 0 heterocycles. The van der Waals surface area contributed by atoms with Crippen molar-refractivity contribution in [2.45, 2.75) is 13.8 Å². The van der Waals surface area contributed by atoms with Gasteiger partial charge in [-0.3, -0.25) is 4.99 Å². The molecule has 3 heteroatoms. The number of hydrogen-bond acceptors (Lipinski definition) is 2. The average Bonchev–Trinajstić information content (AvgIpc) is 2.32. The number of halogens is 1. The van der Waals surface area contributed by atoms with E-state index < -0.39 is 0 Å². The highest BCUT2D eigenvalue weighted by atomic mass is 79.9. The van der Waals surface area contributed by atoms with Crippen molar-refractivity contribution in [3.05, 3.63) is 57.6 Å². The number of benzene rings is 2. The lowest BCUT2D eigenvalue weighted by Gasteiger charge is -2.03. The zero-order chi connectivity index (χ0) is 13.1. The first-order valence-corrected chi connectivity index (χ1v) is 6.45. The molecule has 0 amide bonds. The number of aryl methyl sites for hydroxylation is 2. The summed E-state index contributed by atoms with van der Waals surface area (Å²) in [5, 5.41) is 9.92. The standard InChI is InChI=1S/C15H14BrNO/c1-10-4-3-5-13(7-10)17-9-12-6-11(2)8-14(16)15(12)18/h3-9,18H,1-2H3/b17-9+. The maximum Gasteiger partial charge on any atom is 0.138 e. The zero-order valence-electron chi connectivity index (χ0n) is 10.3. The van der Waals surface area contributed by atoms with E-state index >= 15 is 0 Å². The van der Waals surface area contributed by atoms with Crippen LogP contribution in [0.4, 0.5) is 5.69 Å². The van der Waals surface area contributed by atoms with E-state index in [1.54, 1.807) is 6.21 Å². The maximum atomic E-state index is 9.92. The van der Waals surface area contributed by atoms with Crippen molar-refractivity contribution < 1.29 is 5.11 Å². The van der Waals surface area contributed by atoms with Crippen LogP contribution in [0.5, 0.6) is 5.75 Å². The van der Waals surface area contributed by atoms with Crippen molar-refractivity contribution >= 4 is 27.8 Å². The molecule has 0 fully saturated rings. The predicted molar refractivity (Wildman–Crippen MR) is 79.0 cm³/mol. The van der Waals surface area contributed by atoms with Gasteiger partial charge in [-0.05, 0) is 65.2 Å². The van der Waals surface area contributed by atoms with Crippen LogP contribution in [0.3, 0.4) is 0 Å². The Bertz CT molecular complexity index is 605. The third-order valence-corrected chi connectivity index (χ3v) is 3.20. The van der Waals surface area contributed by atoms with Gasteiger partial charge in [0.05, 0.1) is 10.2 Å². The summed E-state index contributed by atoms with van der Waals surface area (Å²) in [7, 11) is 0. The van der Waals surface area contributed by atoms with E-state index in [0.717, 1.165) is 11.3 Å². The third-order valence-electron chi connectivity index (χ3n) is 2.59. The number of rotatable bonds is 2. The SMILES string of the molecule is Cc1cccc(/N=C/c2cc(C)cc(Br)c2O)c1. The van der Waals surface area contributed by atoms with Gasteiger partial charge in [-0.15, -0.1) is 0 Å². The molecule has 1 N–H and O–H groups in total. The number of aliphatic imine (C=N–C) groups is 1. The minimum absolute atomic E-state index is 0.219. The Morgan fingerprint density at radius 3 is 2.61 bits per heavy atom. The summed E-state index contributed by atoms with van der Waals surface area (Å²) in [4.78, 5) is 4.37. The molecule has 92 valence electrons. The predicted octanol–water partition coefficient (Wildman–Crippen LogP) is 4.52. The molecule has 0 aliphatic carbocycles. The van der Waals surface area contributed by atoms with Crippen molar-refractivity contribution in [1.29, 1.82) is 0 Å². The summed E-state index contributed by atoms with van der Waals surface area (Å²) in [6.45, 7) is 4.01. The zero-order valence-corrected chi connectivity index (χ0v) is 11.9. The molecule has 0 spiro atoms. The second-order valence-corrected chi connectivity index (χ2v) is 5.14. The number of hydrogen-bond donors (Lipinski definition) is 1. The van der Waals surface area contributed by atoms with Crippen LogP contribution < -0.4 is 0 Å². The molecule has 0 unspecified atom stereocenters.